The van der Waals surface area contributed by atoms with E-state index in [0.717, 1.165) is 12.8 Å². The summed E-state index contributed by atoms with van der Waals surface area (Å²) in [5.41, 5.74) is 2.00. The van der Waals surface area contributed by atoms with Gasteiger partial charge < -0.3 is 25.1 Å². The Morgan fingerprint density at radius 2 is 1.97 bits per heavy atom. The van der Waals surface area contributed by atoms with Crippen molar-refractivity contribution in [3.63, 3.8) is 0 Å². The van der Waals surface area contributed by atoms with Crippen molar-refractivity contribution in [1.82, 2.24) is 25.6 Å². The highest BCUT2D eigenvalue weighted by atomic mass is 19.3. The molecular formula is C27H30F3N5O4. The van der Waals surface area contributed by atoms with Crippen LogP contribution in [0.4, 0.5) is 13.2 Å². The van der Waals surface area contributed by atoms with Gasteiger partial charge in [-0.2, -0.15) is 0 Å². The molecule has 2 fully saturated rings. The van der Waals surface area contributed by atoms with Crippen molar-refractivity contribution in [1.29, 1.82) is 0 Å². The molecule has 2 aromatic heterocycles. The number of hydrogen-bond acceptors (Lipinski definition) is 6. The molecule has 208 valence electrons. The number of carbonyl (C=O) groups excluding carboxylic acids is 2. The smallest absolute Gasteiger partial charge is 0.263 e. The number of aryl methyl sites for hydroxylation is 1. The summed E-state index contributed by atoms with van der Waals surface area (Å²) in [4.78, 5) is 36.9. The fourth-order valence-electron chi connectivity index (χ4n) is 4.98. The van der Waals surface area contributed by atoms with E-state index in [2.05, 4.69) is 25.6 Å². The van der Waals surface area contributed by atoms with Crippen molar-refractivity contribution >= 4 is 22.8 Å². The highest BCUT2D eigenvalue weighted by Crippen LogP contribution is 2.38. The number of rotatable bonds is 10. The van der Waals surface area contributed by atoms with Gasteiger partial charge in [0.2, 0.25) is 5.91 Å². The standard InChI is InChI=1S/C27H30F3N5O4/c1-13-22(27(37)34-16-8-18(28)19(9-16)35-21(36)11-38-2)24-25(33-13)23(31-12-32-24)17-7-15(26(29)30)5-6-20(17)39-10-14-3-4-14/h5-7,12,14,16,18-19,26,33H,3-4,8-11H2,1-2H3,(H,34,37)(H,35,36). The molecular weight excluding hydrogens is 515 g/mol. The van der Waals surface area contributed by atoms with E-state index < -0.39 is 36.5 Å². The minimum Gasteiger partial charge on any atom is -0.493 e. The van der Waals surface area contributed by atoms with E-state index >= 15 is 0 Å². The summed E-state index contributed by atoms with van der Waals surface area (Å²) in [5.74, 6) is -0.0132. The first kappa shape index (κ1) is 26.9. The number of nitrogens with one attached hydrogen (secondary N) is 3. The lowest BCUT2D eigenvalue weighted by molar-refractivity contribution is -0.125. The van der Waals surface area contributed by atoms with Crippen molar-refractivity contribution in [2.24, 2.45) is 5.92 Å². The van der Waals surface area contributed by atoms with Gasteiger partial charge in [0.15, 0.2) is 0 Å². The van der Waals surface area contributed by atoms with Crippen LogP contribution in [0.5, 0.6) is 5.75 Å². The van der Waals surface area contributed by atoms with Crippen LogP contribution in [0, 0.1) is 12.8 Å². The molecule has 9 nitrogen and oxygen atoms in total. The minimum absolute atomic E-state index is 0.0490. The molecule has 0 aliphatic heterocycles. The Morgan fingerprint density at radius 3 is 2.69 bits per heavy atom. The van der Waals surface area contributed by atoms with Gasteiger partial charge in [0.25, 0.3) is 12.3 Å². The first-order valence-corrected chi connectivity index (χ1v) is 12.9. The summed E-state index contributed by atoms with van der Waals surface area (Å²) >= 11 is 0. The molecule has 2 aliphatic rings. The molecule has 1 aromatic carbocycles. The molecule has 3 aromatic rings. The van der Waals surface area contributed by atoms with Gasteiger partial charge in [-0.3, -0.25) is 9.59 Å². The number of aromatic nitrogens is 3. The van der Waals surface area contributed by atoms with Crippen molar-refractivity contribution < 1.29 is 32.2 Å². The van der Waals surface area contributed by atoms with Gasteiger partial charge in [-0.15, -0.1) is 0 Å². The molecule has 0 radical (unpaired) electrons. The monoisotopic (exact) mass is 545 g/mol. The largest absolute Gasteiger partial charge is 0.493 e. The maximum Gasteiger partial charge on any atom is 0.263 e. The Balaban J connectivity index is 1.42. The van der Waals surface area contributed by atoms with E-state index in [1.165, 1.54) is 31.6 Å². The van der Waals surface area contributed by atoms with E-state index in [1.807, 2.05) is 0 Å². The highest BCUT2D eigenvalue weighted by molar-refractivity contribution is 6.09. The molecule has 12 heteroatoms. The average Bonchev–Trinajstić information content (AvgIpc) is 3.57. The van der Waals surface area contributed by atoms with Crippen LogP contribution < -0.4 is 15.4 Å². The van der Waals surface area contributed by atoms with E-state index in [9.17, 15) is 22.8 Å². The Kier molecular flexibility index (Phi) is 7.74. The summed E-state index contributed by atoms with van der Waals surface area (Å²) in [6, 6.07) is 2.97. The topological polar surface area (TPSA) is 118 Å². The second-order valence-corrected chi connectivity index (χ2v) is 10.1. The molecule has 2 heterocycles. The van der Waals surface area contributed by atoms with Crippen LogP contribution in [0.1, 0.15) is 53.7 Å². The number of aromatic amines is 1. The van der Waals surface area contributed by atoms with Crippen molar-refractivity contribution in [2.45, 2.75) is 57.3 Å². The first-order chi connectivity index (χ1) is 18.7. The summed E-state index contributed by atoms with van der Waals surface area (Å²) < 4.78 is 52.4. The predicted octanol–water partition coefficient (Wildman–Crippen LogP) is 4.02. The van der Waals surface area contributed by atoms with E-state index in [0.29, 0.717) is 46.3 Å². The lowest BCUT2D eigenvalue weighted by atomic mass is 10.0. The number of fused-ring (bicyclic) bond motifs is 1. The predicted molar refractivity (Wildman–Crippen MR) is 136 cm³/mol. The Morgan fingerprint density at radius 1 is 1.18 bits per heavy atom. The quantitative estimate of drug-likeness (QED) is 0.354. The van der Waals surface area contributed by atoms with Gasteiger partial charge in [0.05, 0.1) is 23.7 Å². The molecule has 3 atom stereocenters. The van der Waals surface area contributed by atoms with Gasteiger partial charge in [-0.25, -0.2) is 23.1 Å². The number of benzene rings is 1. The van der Waals surface area contributed by atoms with Crippen LogP contribution in [0.15, 0.2) is 24.5 Å². The number of carbonyl (C=O) groups is 2. The van der Waals surface area contributed by atoms with E-state index in [4.69, 9.17) is 9.47 Å². The SMILES string of the molecule is COCC(=O)NC1CC(NC(=O)c2c(C)[nH]c3c(-c4cc(C(F)F)ccc4OCC4CC4)ncnc23)CC1F. The van der Waals surface area contributed by atoms with Crippen molar-refractivity contribution in [3.05, 3.63) is 41.3 Å². The fourth-order valence-corrected chi connectivity index (χ4v) is 4.98. The molecule has 0 bridgehead atoms. The van der Waals surface area contributed by atoms with Gasteiger partial charge in [0, 0.05) is 36.4 Å². The molecule has 2 aliphatic carbocycles. The van der Waals surface area contributed by atoms with Gasteiger partial charge >= 0.3 is 0 Å². The average molecular weight is 546 g/mol. The Labute approximate surface area is 222 Å². The summed E-state index contributed by atoms with van der Waals surface area (Å²) in [5, 5.41) is 5.44. The number of hydrogen-bond donors (Lipinski definition) is 3. The third-order valence-corrected chi connectivity index (χ3v) is 7.12. The lowest BCUT2D eigenvalue weighted by Gasteiger charge is -2.15. The molecule has 0 saturated heterocycles. The molecule has 2 saturated carbocycles. The third-order valence-electron chi connectivity index (χ3n) is 7.12. The number of methoxy groups -OCH3 is 1. The molecule has 3 N–H and O–H groups in total. The molecule has 39 heavy (non-hydrogen) atoms. The Hall–Kier alpha value is -3.67. The van der Waals surface area contributed by atoms with E-state index in [1.54, 1.807) is 6.92 Å². The Bertz CT molecular complexity index is 1380. The molecule has 3 unspecified atom stereocenters. The normalized spacial score (nSPS) is 20.9. The second kappa shape index (κ2) is 11.2. The van der Waals surface area contributed by atoms with E-state index in [-0.39, 0.29) is 30.6 Å². The zero-order valence-electron chi connectivity index (χ0n) is 21.6. The van der Waals surface area contributed by atoms with Gasteiger partial charge in [-0.05, 0) is 50.3 Å². The molecule has 0 spiro atoms. The number of H-pyrrole nitrogens is 1. The molecule has 2 amide bonds. The lowest BCUT2D eigenvalue weighted by Crippen LogP contribution is -2.41. The number of alkyl halides is 3. The highest BCUT2D eigenvalue weighted by Gasteiger charge is 2.37. The summed E-state index contributed by atoms with van der Waals surface area (Å²) in [6.45, 7) is 2.00. The third kappa shape index (κ3) is 5.85. The van der Waals surface area contributed by atoms with Gasteiger partial charge in [-0.1, -0.05) is 0 Å². The fraction of sp³-hybridized carbons (Fsp3) is 0.481. The van der Waals surface area contributed by atoms with Crippen LogP contribution in [0.3, 0.4) is 0 Å². The maximum atomic E-state index is 14.5. The maximum absolute atomic E-state index is 14.5. The summed E-state index contributed by atoms with van der Waals surface area (Å²) in [7, 11) is 1.38. The number of nitrogens with zero attached hydrogens (tertiary/aromatic N) is 2. The zero-order chi connectivity index (χ0) is 27.7. The summed E-state index contributed by atoms with van der Waals surface area (Å²) in [6.07, 6.45) is -0.304. The number of amides is 2. The van der Waals surface area contributed by atoms with Crippen LogP contribution in [0.25, 0.3) is 22.3 Å². The van der Waals surface area contributed by atoms with Crippen LogP contribution >= 0.6 is 0 Å². The number of ether oxygens (including phenoxy) is 2. The van der Waals surface area contributed by atoms with Crippen LogP contribution in [-0.4, -0.2) is 65.3 Å². The first-order valence-electron chi connectivity index (χ1n) is 12.9. The minimum atomic E-state index is -2.68. The van der Waals surface area contributed by atoms with Gasteiger partial charge in [0.1, 0.15) is 36.1 Å². The molecule has 5 rings (SSSR count). The van der Waals surface area contributed by atoms with Crippen molar-refractivity contribution in [2.75, 3.05) is 20.3 Å². The van der Waals surface area contributed by atoms with Crippen LogP contribution in [-0.2, 0) is 9.53 Å². The second-order valence-electron chi connectivity index (χ2n) is 10.1. The number of halogens is 3. The van der Waals surface area contributed by atoms with Crippen LogP contribution in [0.2, 0.25) is 0 Å². The zero-order valence-corrected chi connectivity index (χ0v) is 21.6. The van der Waals surface area contributed by atoms with Crippen molar-refractivity contribution in [3.8, 4) is 17.0 Å².